The van der Waals surface area contributed by atoms with Crippen LogP contribution in [-0.4, -0.2) is 16.1 Å². The maximum Gasteiger partial charge on any atom is 0.256 e. The molecule has 1 amide bonds. The molecule has 1 aromatic carbocycles. The first kappa shape index (κ1) is 12.0. The van der Waals surface area contributed by atoms with E-state index in [1.807, 2.05) is 6.92 Å². The third kappa shape index (κ3) is 2.99. The van der Waals surface area contributed by atoms with Crippen molar-refractivity contribution in [3.05, 3.63) is 45.6 Å². The fourth-order valence-corrected chi connectivity index (χ4v) is 1.88. The second-order valence-electron chi connectivity index (χ2n) is 3.55. The van der Waals surface area contributed by atoms with Gasteiger partial charge in [0.1, 0.15) is 0 Å². The maximum absolute atomic E-state index is 11.8. The topological polar surface area (TPSA) is 57.8 Å². The van der Waals surface area contributed by atoms with E-state index in [0.29, 0.717) is 21.4 Å². The highest BCUT2D eigenvalue weighted by Gasteiger charge is 2.09. The third-order valence-corrected chi connectivity index (χ3v) is 2.51. The number of benzene rings is 1. The Bertz CT molecular complexity index is 545. The first-order chi connectivity index (χ1) is 8.04. The minimum Gasteiger partial charge on any atom is -0.305 e. The van der Waals surface area contributed by atoms with Crippen molar-refractivity contribution >= 4 is 34.9 Å². The summed E-state index contributed by atoms with van der Waals surface area (Å²) in [6.45, 7) is 1.85. The van der Waals surface area contributed by atoms with E-state index in [9.17, 15) is 4.79 Å². The highest BCUT2D eigenvalue weighted by Crippen LogP contribution is 2.19. The lowest BCUT2D eigenvalue weighted by atomic mass is 10.2. The van der Waals surface area contributed by atoms with E-state index in [4.69, 9.17) is 23.2 Å². The van der Waals surface area contributed by atoms with Gasteiger partial charge >= 0.3 is 0 Å². The van der Waals surface area contributed by atoms with E-state index in [1.165, 1.54) is 0 Å². The van der Waals surface area contributed by atoms with Crippen molar-refractivity contribution in [3.8, 4) is 0 Å². The Labute approximate surface area is 108 Å². The highest BCUT2D eigenvalue weighted by molar-refractivity contribution is 6.35. The van der Waals surface area contributed by atoms with Gasteiger partial charge in [0.15, 0.2) is 5.82 Å². The van der Waals surface area contributed by atoms with Gasteiger partial charge in [0.2, 0.25) is 0 Å². The van der Waals surface area contributed by atoms with Gasteiger partial charge in [-0.15, -0.1) is 0 Å². The number of carbonyl (C=O) groups is 1. The number of rotatable bonds is 2. The predicted octanol–water partition coefficient (Wildman–Crippen LogP) is 3.28. The first-order valence-corrected chi connectivity index (χ1v) is 5.59. The quantitative estimate of drug-likeness (QED) is 0.879. The molecule has 0 aliphatic heterocycles. The number of nitrogens with one attached hydrogen (secondary N) is 2. The van der Waals surface area contributed by atoms with E-state index < -0.39 is 0 Å². The number of nitrogens with zero attached hydrogens (tertiary/aromatic N) is 1. The van der Waals surface area contributed by atoms with Crippen LogP contribution in [0.2, 0.25) is 10.0 Å². The summed E-state index contributed by atoms with van der Waals surface area (Å²) in [5.74, 6) is 0.157. The summed E-state index contributed by atoms with van der Waals surface area (Å²) >= 11 is 11.6. The van der Waals surface area contributed by atoms with E-state index in [0.717, 1.165) is 5.69 Å². The first-order valence-electron chi connectivity index (χ1n) is 4.84. The molecule has 0 aliphatic rings. The van der Waals surface area contributed by atoms with E-state index in [1.54, 1.807) is 24.3 Å². The molecule has 0 radical (unpaired) electrons. The van der Waals surface area contributed by atoms with Gasteiger partial charge in [-0.05, 0) is 25.1 Å². The van der Waals surface area contributed by atoms with Gasteiger partial charge in [-0.25, -0.2) is 0 Å². The maximum atomic E-state index is 11.8. The van der Waals surface area contributed by atoms with Crippen LogP contribution in [0.25, 0.3) is 0 Å². The molecule has 2 aromatic rings. The lowest BCUT2D eigenvalue weighted by molar-refractivity contribution is 0.102. The molecule has 1 aromatic heterocycles. The summed E-state index contributed by atoms with van der Waals surface area (Å²) in [5, 5.41) is 10.1. The van der Waals surface area contributed by atoms with Crippen molar-refractivity contribution in [3.63, 3.8) is 0 Å². The van der Waals surface area contributed by atoms with Crippen LogP contribution in [0, 0.1) is 6.92 Å². The van der Waals surface area contributed by atoms with Gasteiger partial charge in [0.05, 0.1) is 0 Å². The number of amides is 1. The van der Waals surface area contributed by atoms with Crippen molar-refractivity contribution in [2.24, 2.45) is 0 Å². The lowest BCUT2D eigenvalue weighted by Crippen LogP contribution is -2.12. The minimum absolute atomic E-state index is 0.305. The van der Waals surface area contributed by atoms with Crippen LogP contribution in [0.3, 0.4) is 0 Å². The van der Waals surface area contributed by atoms with Crippen molar-refractivity contribution in [2.45, 2.75) is 6.92 Å². The Balaban J connectivity index is 2.19. The molecular formula is C11H9Cl2N3O. The van der Waals surface area contributed by atoms with Crippen molar-refractivity contribution in [1.29, 1.82) is 0 Å². The molecular weight excluding hydrogens is 261 g/mol. The lowest BCUT2D eigenvalue weighted by Gasteiger charge is -2.03. The molecule has 0 unspecified atom stereocenters. The molecule has 0 fully saturated rings. The van der Waals surface area contributed by atoms with Gasteiger partial charge in [0, 0.05) is 27.4 Å². The third-order valence-electron chi connectivity index (χ3n) is 2.07. The number of aromatic nitrogens is 2. The number of anilines is 1. The van der Waals surface area contributed by atoms with Crippen molar-refractivity contribution in [1.82, 2.24) is 10.2 Å². The summed E-state index contributed by atoms with van der Waals surface area (Å²) in [4.78, 5) is 11.8. The average molecular weight is 270 g/mol. The monoisotopic (exact) mass is 269 g/mol. The number of carbonyl (C=O) groups excluding carboxylic acids is 1. The van der Waals surface area contributed by atoms with Gasteiger partial charge in [-0.2, -0.15) is 5.10 Å². The summed E-state index contributed by atoms with van der Waals surface area (Å²) in [7, 11) is 0. The zero-order valence-electron chi connectivity index (χ0n) is 8.92. The molecule has 6 heteroatoms. The number of H-pyrrole nitrogens is 1. The normalized spacial score (nSPS) is 10.3. The number of aromatic amines is 1. The number of aryl methyl sites for hydroxylation is 1. The summed E-state index contributed by atoms with van der Waals surface area (Å²) in [6.07, 6.45) is 0. The predicted molar refractivity (Wildman–Crippen MR) is 67.7 cm³/mol. The molecule has 0 aliphatic carbocycles. The molecule has 0 bridgehead atoms. The smallest absolute Gasteiger partial charge is 0.256 e. The highest BCUT2D eigenvalue weighted by atomic mass is 35.5. The minimum atomic E-state index is -0.305. The molecule has 0 saturated heterocycles. The molecule has 0 spiro atoms. The van der Waals surface area contributed by atoms with Gasteiger partial charge in [-0.1, -0.05) is 23.2 Å². The van der Waals surface area contributed by atoms with E-state index in [2.05, 4.69) is 15.5 Å². The molecule has 88 valence electrons. The Morgan fingerprint density at radius 1 is 1.24 bits per heavy atom. The Hall–Kier alpha value is -1.52. The Morgan fingerprint density at radius 2 is 1.88 bits per heavy atom. The van der Waals surface area contributed by atoms with Crippen LogP contribution < -0.4 is 5.32 Å². The van der Waals surface area contributed by atoms with Gasteiger partial charge in [0.25, 0.3) is 5.91 Å². The fourth-order valence-electron chi connectivity index (χ4n) is 1.36. The molecule has 1 heterocycles. The second kappa shape index (κ2) is 4.77. The molecule has 17 heavy (non-hydrogen) atoms. The zero-order chi connectivity index (χ0) is 12.4. The Kier molecular flexibility index (Phi) is 3.36. The number of hydrogen-bond acceptors (Lipinski definition) is 2. The van der Waals surface area contributed by atoms with Gasteiger partial charge in [-0.3, -0.25) is 9.89 Å². The molecule has 4 nitrogen and oxygen atoms in total. The largest absolute Gasteiger partial charge is 0.305 e. The van der Waals surface area contributed by atoms with Crippen LogP contribution in [0.1, 0.15) is 16.1 Å². The summed E-state index contributed by atoms with van der Waals surface area (Å²) in [5.41, 5.74) is 1.26. The molecule has 2 rings (SSSR count). The standard InChI is InChI=1S/C11H9Cl2N3O/c1-6-2-10(16-15-6)14-11(17)7-3-8(12)5-9(13)4-7/h2-5H,1H3,(H2,14,15,16,17). The number of halogens is 2. The fraction of sp³-hybridized carbons (Fsp3) is 0.0909. The average Bonchev–Trinajstić information content (AvgIpc) is 2.62. The molecule has 0 atom stereocenters. The van der Waals surface area contributed by atoms with Crippen molar-refractivity contribution in [2.75, 3.05) is 5.32 Å². The Morgan fingerprint density at radius 3 is 2.41 bits per heavy atom. The summed E-state index contributed by atoms with van der Waals surface area (Å²) in [6, 6.07) is 6.38. The molecule has 0 saturated carbocycles. The number of hydrogen-bond donors (Lipinski definition) is 2. The zero-order valence-corrected chi connectivity index (χ0v) is 10.4. The van der Waals surface area contributed by atoms with E-state index in [-0.39, 0.29) is 5.91 Å². The van der Waals surface area contributed by atoms with Crippen molar-refractivity contribution < 1.29 is 4.79 Å². The van der Waals surface area contributed by atoms with Crippen LogP contribution in [0.4, 0.5) is 5.82 Å². The van der Waals surface area contributed by atoms with Crippen LogP contribution >= 0.6 is 23.2 Å². The van der Waals surface area contributed by atoms with E-state index >= 15 is 0 Å². The molecule has 2 N–H and O–H groups in total. The van der Waals surface area contributed by atoms with Crippen LogP contribution in [0.5, 0.6) is 0 Å². The summed E-state index contributed by atoms with van der Waals surface area (Å²) < 4.78 is 0. The van der Waals surface area contributed by atoms with Gasteiger partial charge < -0.3 is 5.32 Å². The van der Waals surface area contributed by atoms with Crippen LogP contribution in [-0.2, 0) is 0 Å². The second-order valence-corrected chi connectivity index (χ2v) is 4.42. The SMILES string of the molecule is Cc1cc(NC(=O)c2cc(Cl)cc(Cl)c2)n[nH]1. The van der Waals surface area contributed by atoms with Crippen LogP contribution in [0.15, 0.2) is 24.3 Å².